The second-order valence-corrected chi connectivity index (χ2v) is 10.8. The molecule has 0 aliphatic heterocycles. The van der Waals surface area contributed by atoms with Crippen molar-refractivity contribution in [3.8, 4) is 5.69 Å². The summed E-state index contributed by atoms with van der Waals surface area (Å²) in [7, 11) is 0. The molecule has 1 amide bonds. The fourth-order valence-corrected chi connectivity index (χ4v) is 6.66. The standard InChI is InChI=1S/C25H20Cl2N4O2S2/c26-18-10-6-11-19(27)17(18)13-28-30-21(32)14-34-25-29-23-22(16-9-4-5-12-20(16)35-23)24(33)31(25)15-7-2-1-3-8-15/h1-3,6-8,10-11,13H,4-5,9,12,14H2,(H,30,32)/b28-13-. The zero-order chi connectivity index (χ0) is 24.4. The number of fused-ring (bicyclic) bond motifs is 3. The Kier molecular flexibility index (Phi) is 7.24. The summed E-state index contributed by atoms with van der Waals surface area (Å²) in [5.74, 6) is -0.308. The Morgan fingerprint density at radius 1 is 1.11 bits per heavy atom. The normalized spacial score (nSPS) is 13.3. The molecule has 1 N–H and O–H groups in total. The van der Waals surface area contributed by atoms with Crippen LogP contribution >= 0.6 is 46.3 Å². The molecule has 0 radical (unpaired) electrons. The molecule has 2 aromatic carbocycles. The quantitative estimate of drug-likeness (QED) is 0.143. The molecule has 0 bridgehead atoms. The first kappa shape index (κ1) is 24.1. The highest BCUT2D eigenvalue weighted by Gasteiger charge is 2.23. The lowest BCUT2D eigenvalue weighted by atomic mass is 9.97. The maximum absolute atomic E-state index is 13.7. The molecule has 4 aromatic rings. The molecule has 1 aliphatic rings. The maximum Gasteiger partial charge on any atom is 0.267 e. The zero-order valence-electron chi connectivity index (χ0n) is 18.5. The van der Waals surface area contributed by atoms with E-state index in [4.69, 9.17) is 28.2 Å². The molecule has 0 saturated heterocycles. The van der Waals surface area contributed by atoms with Gasteiger partial charge in [-0.2, -0.15) is 5.10 Å². The Morgan fingerprint density at radius 3 is 2.63 bits per heavy atom. The van der Waals surface area contributed by atoms with E-state index < -0.39 is 0 Å². The highest BCUT2D eigenvalue weighted by molar-refractivity contribution is 7.99. The first-order valence-electron chi connectivity index (χ1n) is 11.0. The van der Waals surface area contributed by atoms with E-state index in [9.17, 15) is 9.59 Å². The lowest BCUT2D eigenvalue weighted by Gasteiger charge is -2.13. The van der Waals surface area contributed by atoms with E-state index in [0.29, 0.717) is 26.2 Å². The number of amides is 1. The third kappa shape index (κ3) is 5.02. The first-order chi connectivity index (χ1) is 17.0. The van der Waals surface area contributed by atoms with Gasteiger partial charge in [0.05, 0.1) is 33.1 Å². The molecule has 1 aliphatic carbocycles. The third-order valence-corrected chi connectivity index (χ3v) is 8.47. The molecule has 2 aromatic heterocycles. The van der Waals surface area contributed by atoms with Crippen molar-refractivity contribution in [2.24, 2.45) is 5.10 Å². The monoisotopic (exact) mass is 542 g/mol. The molecule has 5 rings (SSSR count). The number of para-hydroxylation sites is 1. The van der Waals surface area contributed by atoms with Crippen molar-refractivity contribution in [3.63, 3.8) is 0 Å². The van der Waals surface area contributed by atoms with Gasteiger partial charge in [-0.3, -0.25) is 14.2 Å². The number of aromatic nitrogens is 2. The third-order valence-electron chi connectivity index (χ3n) is 5.69. The average Bonchev–Trinajstić information content (AvgIpc) is 3.24. The predicted molar refractivity (Wildman–Crippen MR) is 145 cm³/mol. The minimum absolute atomic E-state index is 0.0312. The molecule has 0 atom stereocenters. The number of nitrogens with one attached hydrogen (secondary N) is 1. The van der Waals surface area contributed by atoms with Crippen molar-refractivity contribution in [1.82, 2.24) is 15.0 Å². The van der Waals surface area contributed by atoms with Crippen LogP contribution in [-0.2, 0) is 17.6 Å². The number of aryl methyl sites for hydroxylation is 2. The number of hydrogen-bond acceptors (Lipinski definition) is 6. The number of hydrogen-bond donors (Lipinski definition) is 1. The minimum Gasteiger partial charge on any atom is -0.272 e. The van der Waals surface area contributed by atoms with Crippen molar-refractivity contribution in [3.05, 3.63) is 84.9 Å². The molecule has 0 fully saturated rings. The van der Waals surface area contributed by atoms with Gasteiger partial charge in [0.2, 0.25) is 0 Å². The van der Waals surface area contributed by atoms with Gasteiger partial charge in [0.25, 0.3) is 11.5 Å². The predicted octanol–water partition coefficient (Wildman–Crippen LogP) is 5.88. The van der Waals surface area contributed by atoms with E-state index in [0.717, 1.165) is 41.8 Å². The Balaban J connectivity index is 1.42. The molecule has 6 nitrogen and oxygen atoms in total. The number of carbonyl (C=O) groups excluding carboxylic acids is 1. The van der Waals surface area contributed by atoms with E-state index in [1.54, 1.807) is 34.1 Å². The van der Waals surface area contributed by atoms with Gasteiger partial charge in [-0.15, -0.1) is 11.3 Å². The number of rotatable bonds is 6. The van der Waals surface area contributed by atoms with Crippen LogP contribution in [0.5, 0.6) is 0 Å². The fraction of sp³-hybridized carbons (Fsp3) is 0.200. The number of hydrazone groups is 1. The highest BCUT2D eigenvalue weighted by Crippen LogP contribution is 2.35. The van der Waals surface area contributed by atoms with Gasteiger partial charge in [0.15, 0.2) is 5.16 Å². The smallest absolute Gasteiger partial charge is 0.267 e. The van der Waals surface area contributed by atoms with Crippen LogP contribution in [0.15, 0.2) is 63.6 Å². The van der Waals surface area contributed by atoms with Gasteiger partial charge >= 0.3 is 0 Å². The number of thioether (sulfide) groups is 1. The summed E-state index contributed by atoms with van der Waals surface area (Å²) in [5.41, 5.74) is 4.78. The number of benzene rings is 2. The minimum atomic E-state index is -0.339. The van der Waals surface area contributed by atoms with Gasteiger partial charge in [-0.05, 0) is 55.5 Å². The van der Waals surface area contributed by atoms with Crippen LogP contribution < -0.4 is 11.0 Å². The van der Waals surface area contributed by atoms with Crippen molar-refractivity contribution < 1.29 is 4.79 Å². The Hall–Kier alpha value is -2.65. The van der Waals surface area contributed by atoms with Crippen LogP contribution in [0.1, 0.15) is 28.8 Å². The number of nitrogens with zero attached hydrogens (tertiary/aromatic N) is 3. The van der Waals surface area contributed by atoms with Gasteiger partial charge in [0, 0.05) is 10.4 Å². The average molecular weight is 544 g/mol. The van der Waals surface area contributed by atoms with Crippen LogP contribution in [0.4, 0.5) is 0 Å². The van der Waals surface area contributed by atoms with E-state index in [1.165, 1.54) is 22.9 Å². The van der Waals surface area contributed by atoms with Crippen molar-refractivity contribution in [1.29, 1.82) is 0 Å². The van der Waals surface area contributed by atoms with Crippen LogP contribution in [-0.4, -0.2) is 27.4 Å². The fourth-order valence-electron chi connectivity index (χ4n) is 4.05. The van der Waals surface area contributed by atoms with Gasteiger partial charge in [0.1, 0.15) is 4.83 Å². The topological polar surface area (TPSA) is 76.3 Å². The van der Waals surface area contributed by atoms with Crippen LogP contribution in [0.2, 0.25) is 10.0 Å². The van der Waals surface area contributed by atoms with Crippen LogP contribution in [0.25, 0.3) is 15.9 Å². The van der Waals surface area contributed by atoms with Crippen LogP contribution in [0, 0.1) is 0 Å². The zero-order valence-corrected chi connectivity index (χ0v) is 21.6. The number of halogens is 2. The molecular weight excluding hydrogens is 523 g/mol. The molecule has 10 heteroatoms. The SMILES string of the molecule is O=C(CSc1nc2sc3c(c2c(=O)n1-c1ccccc1)CCCC3)N/N=C\c1c(Cl)cccc1Cl. The summed E-state index contributed by atoms with van der Waals surface area (Å²) in [6.45, 7) is 0. The second kappa shape index (κ2) is 10.5. The second-order valence-electron chi connectivity index (χ2n) is 7.98. The molecule has 2 heterocycles. The summed E-state index contributed by atoms with van der Waals surface area (Å²) < 4.78 is 1.61. The van der Waals surface area contributed by atoms with Gasteiger partial charge in [-0.1, -0.05) is 59.2 Å². The molecule has 0 unspecified atom stereocenters. The summed E-state index contributed by atoms with van der Waals surface area (Å²) >= 11 is 15.1. The Labute approximate surface area is 220 Å². The molecule has 0 spiro atoms. The number of thiophene rings is 1. The molecule has 35 heavy (non-hydrogen) atoms. The van der Waals surface area contributed by atoms with E-state index >= 15 is 0 Å². The summed E-state index contributed by atoms with van der Waals surface area (Å²) in [6.07, 6.45) is 5.52. The highest BCUT2D eigenvalue weighted by atomic mass is 35.5. The number of carbonyl (C=O) groups is 1. The van der Waals surface area contributed by atoms with Crippen molar-refractivity contribution >= 4 is 68.6 Å². The van der Waals surface area contributed by atoms with E-state index in [1.807, 2.05) is 30.3 Å². The van der Waals surface area contributed by atoms with Crippen molar-refractivity contribution in [2.45, 2.75) is 30.8 Å². The summed E-state index contributed by atoms with van der Waals surface area (Å²) in [5, 5.41) is 6.03. The molecule has 178 valence electrons. The lowest BCUT2D eigenvalue weighted by molar-refractivity contribution is -0.118. The first-order valence-corrected chi connectivity index (χ1v) is 13.6. The molecule has 0 saturated carbocycles. The Bertz CT molecular complexity index is 1480. The molecular formula is C25H20Cl2N4O2S2. The van der Waals surface area contributed by atoms with Crippen LogP contribution in [0.3, 0.4) is 0 Å². The van der Waals surface area contributed by atoms with E-state index in [-0.39, 0.29) is 17.2 Å². The van der Waals surface area contributed by atoms with Gasteiger partial charge < -0.3 is 0 Å². The van der Waals surface area contributed by atoms with Crippen molar-refractivity contribution in [2.75, 3.05) is 5.75 Å². The summed E-state index contributed by atoms with van der Waals surface area (Å²) in [6, 6.07) is 14.5. The maximum atomic E-state index is 13.7. The van der Waals surface area contributed by atoms with Gasteiger partial charge in [-0.25, -0.2) is 10.4 Å². The summed E-state index contributed by atoms with van der Waals surface area (Å²) in [4.78, 5) is 33.0. The lowest BCUT2D eigenvalue weighted by Crippen LogP contribution is -2.24. The van der Waals surface area contributed by atoms with E-state index in [2.05, 4.69) is 10.5 Å². The Morgan fingerprint density at radius 2 is 1.86 bits per heavy atom. The largest absolute Gasteiger partial charge is 0.272 e.